The fourth-order valence-corrected chi connectivity index (χ4v) is 2.13. The molecule has 1 aliphatic carbocycles. The van der Waals surface area contributed by atoms with Crippen LogP contribution in [0.25, 0.3) is 0 Å². The van der Waals surface area contributed by atoms with Crippen LogP contribution in [0.2, 0.25) is 0 Å². The van der Waals surface area contributed by atoms with Crippen LogP contribution in [-0.4, -0.2) is 26.3 Å². The van der Waals surface area contributed by atoms with Crippen LogP contribution in [0, 0.1) is 5.92 Å². The first kappa shape index (κ1) is 13.4. The zero-order chi connectivity index (χ0) is 12.0. The second kappa shape index (κ2) is 6.81. The molecule has 0 N–H and O–H groups in total. The van der Waals surface area contributed by atoms with Gasteiger partial charge in [-0.25, -0.2) is 0 Å². The van der Waals surface area contributed by atoms with Crippen molar-refractivity contribution in [2.24, 2.45) is 5.92 Å². The van der Waals surface area contributed by atoms with Gasteiger partial charge in [0, 0.05) is 20.1 Å². The highest BCUT2D eigenvalue weighted by atomic mass is 16.7. The van der Waals surface area contributed by atoms with Crippen molar-refractivity contribution in [1.82, 2.24) is 0 Å². The molecule has 0 spiro atoms. The number of hydrogen-bond donors (Lipinski definition) is 0. The third-order valence-electron chi connectivity index (χ3n) is 3.20. The molecule has 0 fully saturated rings. The molecule has 3 nitrogen and oxygen atoms in total. The van der Waals surface area contributed by atoms with Crippen molar-refractivity contribution in [2.45, 2.75) is 45.3 Å². The van der Waals surface area contributed by atoms with E-state index in [0.717, 1.165) is 32.1 Å². The maximum Gasteiger partial charge on any atom is 0.158 e. The summed E-state index contributed by atoms with van der Waals surface area (Å²) in [5, 5.41) is 0. The van der Waals surface area contributed by atoms with Crippen molar-refractivity contribution >= 4 is 5.78 Å². The van der Waals surface area contributed by atoms with E-state index in [1.165, 1.54) is 5.57 Å². The van der Waals surface area contributed by atoms with Gasteiger partial charge in [-0.2, -0.15) is 0 Å². The standard InChI is InChI=1S/C13H22O3/c1-10-7-8-11(12(14)9-10)5-4-6-13(15-2)16-3/h9,11,13H,4-8H2,1-3H3/t11-/m1/s1. The first-order valence-electron chi connectivity index (χ1n) is 5.94. The van der Waals surface area contributed by atoms with Crippen LogP contribution in [0.15, 0.2) is 11.6 Å². The summed E-state index contributed by atoms with van der Waals surface area (Å²) in [6, 6.07) is 0. The number of rotatable bonds is 6. The molecule has 92 valence electrons. The molecule has 0 amide bonds. The highest BCUT2D eigenvalue weighted by Crippen LogP contribution is 2.25. The Hall–Kier alpha value is -0.670. The minimum absolute atomic E-state index is 0.129. The normalized spacial score (nSPS) is 21.4. The summed E-state index contributed by atoms with van der Waals surface area (Å²) in [5.41, 5.74) is 1.22. The SMILES string of the molecule is COC(CCC[C@@H]1CCC(C)=CC1=O)OC. The van der Waals surface area contributed by atoms with E-state index in [-0.39, 0.29) is 12.2 Å². The molecule has 0 radical (unpaired) electrons. The monoisotopic (exact) mass is 226 g/mol. The molecule has 0 saturated carbocycles. The van der Waals surface area contributed by atoms with Gasteiger partial charge < -0.3 is 9.47 Å². The fraction of sp³-hybridized carbons (Fsp3) is 0.769. The zero-order valence-corrected chi connectivity index (χ0v) is 10.5. The number of methoxy groups -OCH3 is 2. The summed E-state index contributed by atoms with van der Waals surface area (Å²) >= 11 is 0. The van der Waals surface area contributed by atoms with Gasteiger partial charge in [0.05, 0.1) is 0 Å². The Balaban J connectivity index is 2.26. The minimum atomic E-state index is -0.129. The zero-order valence-electron chi connectivity index (χ0n) is 10.5. The maximum absolute atomic E-state index is 11.7. The van der Waals surface area contributed by atoms with Gasteiger partial charge in [-0.15, -0.1) is 0 Å². The number of ketones is 1. The summed E-state index contributed by atoms with van der Waals surface area (Å²) < 4.78 is 10.2. The maximum atomic E-state index is 11.7. The molecular formula is C13H22O3. The molecular weight excluding hydrogens is 204 g/mol. The van der Waals surface area contributed by atoms with E-state index >= 15 is 0 Å². The van der Waals surface area contributed by atoms with Crippen molar-refractivity contribution < 1.29 is 14.3 Å². The van der Waals surface area contributed by atoms with Crippen LogP contribution in [0.1, 0.15) is 39.0 Å². The highest BCUT2D eigenvalue weighted by molar-refractivity contribution is 5.93. The molecule has 0 unspecified atom stereocenters. The molecule has 1 aliphatic rings. The van der Waals surface area contributed by atoms with E-state index in [2.05, 4.69) is 0 Å². The summed E-state index contributed by atoms with van der Waals surface area (Å²) in [7, 11) is 3.29. The third kappa shape index (κ3) is 4.06. The van der Waals surface area contributed by atoms with Gasteiger partial charge >= 0.3 is 0 Å². The van der Waals surface area contributed by atoms with Gasteiger partial charge in [-0.05, 0) is 45.1 Å². The fourth-order valence-electron chi connectivity index (χ4n) is 2.13. The molecule has 0 heterocycles. The molecule has 1 rings (SSSR count). The van der Waals surface area contributed by atoms with E-state index in [9.17, 15) is 4.79 Å². The van der Waals surface area contributed by atoms with E-state index in [1.54, 1.807) is 20.3 Å². The van der Waals surface area contributed by atoms with Crippen molar-refractivity contribution in [3.05, 3.63) is 11.6 Å². The number of allylic oxidation sites excluding steroid dienone is 2. The van der Waals surface area contributed by atoms with E-state index in [1.807, 2.05) is 6.92 Å². The lowest BCUT2D eigenvalue weighted by atomic mass is 9.85. The summed E-state index contributed by atoms with van der Waals surface area (Å²) in [4.78, 5) is 11.7. The molecule has 16 heavy (non-hydrogen) atoms. The van der Waals surface area contributed by atoms with Crippen LogP contribution in [-0.2, 0) is 14.3 Å². The van der Waals surface area contributed by atoms with Crippen molar-refractivity contribution in [3.63, 3.8) is 0 Å². The number of hydrogen-bond acceptors (Lipinski definition) is 3. The van der Waals surface area contributed by atoms with Gasteiger partial charge in [0.15, 0.2) is 12.1 Å². The Labute approximate surface area is 97.8 Å². The van der Waals surface area contributed by atoms with Crippen LogP contribution in [0.4, 0.5) is 0 Å². The van der Waals surface area contributed by atoms with Crippen LogP contribution in [0.5, 0.6) is 0 Å². The van der Waals surface area contributed by atoms with E-state index in [0.29, 0.717) is 5.78 Å². The molecule has 0 aromatic carbocycles. The minimum Gasteiger partial charge on any atom is -0.356 e. The van der Waals surface area contributed by atoms with Gasteiger partial charge in [0.2, 0.25) is 0 Å². The van der Waals surface area contributed by atoms with Gasteiger partial charge in [0.1, 0.15) is 0 Å². The van der Waals surface area contributed by atoms with E-state index < -0.39 is 0 Å². The summed E-state index contributed by atoms with van der Waals surface area (Å²) in [6.07, 6.45) is 6.54. The van der Waals surface area contributed by atoms with Crippen molar-refractivity contribution in [1.29, 1.82) is 0 Å². The predicted molar refractivity (Wildman–Crippen MR) is 63.1 cm³/mol. The van der Waals surface area contributed by atoms with Crippen LogP contribution >= 0.6 is 0 Å². The Morgan fingerprint density at radius 2 is 2.12 bits per heavy atom. The quantitative estimate of drug-likeness (QED) is 0.653. The molecule has 3 heteroatoms. The average molecular weight is 226 g/mol. The Morgan fingerprint density at radius 1 is 1.44 bits per heavy atom. The summed E-state index contributed by atoms with van der Waals surface area (Å²) in [5.74, 6) is 0.521. The van der Waals surface area contributed by atoms with Gasteiger partial charge in [0.25, 0.3) is 0 Å². The largest absolute Gasteiger partial charge is 0.356 e. The number of ether oxygens (including phenoxy) is 2. The van der Waals surface area contributed by atoms with Crippen LogP contribution < -0.4 is 0 Å². The number of carbonyl (C=O) groups is 1. The molecule has 0 aromatic rings. The van der Waals surface area contributed by atoms with Gasteiger partial charge in [-0.3, -0.25) is 4.79 Å². The molecule has 0 aliphatic heterocycles. The lowest BCUT2D eigenvalue weighted by Crippen LogP contribution is -2.18. The Bertz CT molecular complexity index is 254. The number of carbonyl (C=O) groups excluding carboxylic acids is 1. The Morgan fingerprint density at radius 3 is 2.69 bits per heavy atom. The second-order valence-electron chi connectivity index (χ2n) is 4.46. The topological polar surface area (TPSA) is 35.5 Å². The average Bonchev–Trinajstić information content (AvgIpc) is 2.27. The van der Waals surface area contributed by atoms with Crippen molar-refractivity contribution in [2.75, 3.05) is 14.2 Å². The Kier molecular flexibility index (Phi) is 5.71. The molecule has 0 saturated heterocycles. The molecule has 0 bridgehead atoms. The van der Waals surface area contributed by atoms with E-state index in [4.69, 9.17) is 9.47 Å². The summed E-state index contributed by atoms with van der Waals surface area (Å²) in [6.45, 7) is 2.03. The van der Waals surface area contributed by atoms with Crippen molar-refractivity contribution in [3.8, 4) is 0 Å². The lowest BCUT2D eigenvalue weighted by Gasteiger charge is -2.20. The lowest BCUT2D eigenvalue weighted by molar-refractivity contribution is -0.120. The van der Waals surface area contributed by atoms with Crippen LogP contribution in [0.3, 0.4) is 0 Å². The second-order valence-corrected chi connectivity index (χ2v) is 4.46. The predicted octanol–water partition coefficient (Wildman–Crippen LogP) is 2.70. The molecule has 0 aromatic heterocycles. The van der Waals surface area contributed by atoms with Gasteiger partial charge in [-0.1, -0.05) is 5.57 Å². The highest BCUT2D eigenvalue weighted by Gasteiger charge is 2.20. The first-order chi connectivity index (χ1) is 7.67. The smallest absolute Gasteiger partial charge is 0.158 e. The first-order valence-corrected chi connectivity index (χ1v) is 5.94. The third-order valence-corrected chi connectivity index (χ3v) is 3.20. The molecule has 1 atom stereocenters.